The maximum atomic E-state index is 14.4. The van der Waals surface area contributed by atoms with Crippen LogP contribution in [0.2, 0.25) is 0 Å². The molecule has 2 aliphatic heterocycles. The van der Waals surface area contributed by atoms with Gasteiger partial charge in [-0.1, -0.05) is 48.5 Å². The molecule has 2 aromatic heterocycles. The Bertz CT molecular complexity index is 3030. The van der Waals surface area contributed by atoms with Gasteiger partial charge in [-0.25, -0.2) is 22.9 Å². The summed E-state index contributed by atoms with van der Waals surface area (Å²) >= 11 is 0. The number of para-hydroxylation sites is 1. The van der Waals surface area contributed by atoms with E-state index in [4.69, 9.17) is 10.5 Å². The van der Waals surface area contributed by atoms with Gasteiger partial charge in [0, 0.05) is 56.9 Å². The summed E-state index contributed by atoms with van der Waals surface area (Å²) in [6, 6.07) is 33.5. The van der Waals surface area contributed by atoms with Gasteiger partial charge >= 0.3 is 18.4 Å². The Morgan fingerprint density at radius 3 is 1.64 bits per heavy atom. The molecule has 74 heavy (non-hydrogen) atoms. The van der Waals surface area contributed by atoms with Crippen molar-refractivity contribution >= 4 is 41.3 Å². The minimum atomic E-state index is -4.60. The van der Waals surface area contributed by atoms with Crippen LogP contribution in [0.15, 0.2) is 127 Å². The molecule has 2 fully saturated rings. The lowest BCUT2D eigenvalue weighted by Gasteiger charge is -2.38. The molecule has 1 amide bonds. The van der Waals surface area contributed by atoms with Crippen LogP contribution < -0.4 is 25.6 Å². The summed E-state index contributed by atoms with van der Waals surface area (Å²) in [5, 5.41) is 28.4. The molecule has 0 saturated carbocycles. The summed E-state index contributed by atoms with van der Waals surface area (Å²) in [6.45, 7) is 5.25. The molecule has 0 atom stereocenters. The number of ketones is 1. The van der Waals surface area contributed by atoms with E-state index in [1.165, 1.54) is 21.5 Å². The quantitative estimate of drug-likeness (QED) is 0.0867. The lowest BCUT2D eigenvalue weighted by atomic mass is 10.0. The number of amides is 1. The first-order valence-electron chi connectivity index (χ1n) is 22.8. The lowest BCUT2D eigenvalue weighted by molar-refractivity contribution is -0.142. The van der Waals surface area contributed by atoms with E-state index in [1.54, 1.807) is 94.7 Å². The third-order valence-corrected chi connectivity index (χ3v) is 11.5. The van der Waals surface area contributed by atoms with E-state index in [2.05, 4.69) is 15.5 Å². The van der Waals surface area contributed by atoms with Gasteiger partial charge in [-0.15, -0.1) is 12.4 Å². The van der Waals surface area contributed by atoms with Crippen molar-refractivity contribution in [2.75, 3.05) is 41.3 Å². The van der Waals surface area contributed by atoms with Crippen molar-refractivity contribution in [1.82, 2.24) is 19.6 Å². The second-order valence-corrected chi connectivity index (χ2v) is 17.4. The second kappa shape index (κ2) is 24.1. The fourth-order valence-electron chi connectivity index (χ4n) is 7.79. The number of Topliss-reactive ketones (excluding diaryl/α,β-unsaturated/α-hetero) is 1. The van der Waals surface area contributed by atoms with E-state index in [9.17, 15) is 54.9 Å². The molecule has 2 aliphatic rings. The number of carbonyl (C=O) groups excluding carboxylic acids is 2. The highest BCUT2D eigenvalue weighted by Crippen LogP contribution is 2.32. The van der Waals surface area contributed by atoms with Crippen molar-refractivity contribution in [1.29, 1.82) is 0 Å². The van der Waals surface area contributed by atoms with Gasteiger partial charge in [-0.05, 0) is 116 Å². The van der Waals surface area contributed by atoms with Gasteiger partial charge < -0.3 is 30.5 Å². The number of aryl methyl sites for hydroxylation is 3. The highest BCUT2D eigenvalue weighted by molar-refractivity contribution is 5.86. The summed E-state index contributed by atoms with van der Waals surface area (Å²) in [6.07, 6.45) is -10.6. The molecule has 2 saturated heterocycles. The van der Waals surface area contributed by atoms with Crippen LogP contribution in [-0.2, 0) is 36.5 Å². The zero-order chi connectivity index (χ0) is 52.6. The Kier molecular flexibility index (Phi) is 18.3. The van der Waals surface area contributed by atoms with Gasteiger partial charge in [0.1, 0.15) is 23.2 Å². The Morgan fingerprint density at radius 1 is 0.662 bits per heavy atom. The highest BCUT2D eigenvalue weighted by atomic mass is 35.5. The van der Waals surface area contributed by atoms with Crippen molar-refractivity contribution in [3.05, 3.63) is 178 Å². The number of nitrogens with two attached hydrogens (primary N) is 1. The van der Waals surface area contributed by atoms with Crippen LogP contribution in [0, 0.1) is 25.5 Å². The predicted octanol–water partition coefficient (Wildman–Crippen LogP) is 9.96. The number of aromatic nitrogens is 4. The van der Waals surface area contributed by atoms with E-state index in [1.807, 2.05) is 32.0 Å². The predicted molar refractivity (Wildman–Crippen MR) is 264 cm³/mol. The first-order chi connectivity index (χ1) is 34.6. The molecule has 22 heteroatoms. The number of rotatable bonds is 12. The van der Waals surface area contributed by atoms with Crippen LogP contribution in [0.4, 0.5) is 57.0 Å². The second-order valence-electron chi connectivity index (χ2n) is 17.4. The number of anilines is 3. The fraction of sp³-hybridized carbons (Fsp3) is 0.269. The van der Waals surface area contributed by atoms with E-state index in [0.29, 0.717) is 71.6 Å². The molecule has 5 N–H and O–H groups in total. The normalized spacial score (nSPS) is 13.6. The standard InChI is InChI=1S/C24H23F4N3O2.C16H15FN2O3.C12H12F3N3.ClH/c1-15-3-2-4-17(9-15)31-18(12-23(29-31)24(26,27)28)6-7-19(32)10-16-5-8-22(21(25)11-16)30-13-20(33)14-30;17-14-8-11(6-7-15(14)19-9-12(20)10-19)18-16(21)22-13-4-2-1-3-5-13;1-8-3-2-4-9(5-8)18-10(7-16)6-11(17-18)12(13,14)15;/h2-5,8-9,11-12,20,33H,6-7,10,13-14H2,1H3;1-8,12,20H,9-10H2,(H,18,21);2-6H,7,16H2,1H3;1H. The third-order valence-electron chi connectivity index (χ3n) is 11.5. The van der Waals surface area contributed by atoms with Gasteiger partial charge in [-0.3, -0.25) is 10.1 Å². The number of alkyl halides is 6. The van der Waals surface area contributed by atoms with Crippen molar-refractivity contribution in [3.8, 4) is 17.1 Å². The molecule has 13 nitrogen and oxygen atoms in total. The lowest BCUT2D eigenvalue weighted by Crippen LogP contribution is -2.51. The molecular weight excluding hydrogens is 1000 g/mol. The number of nitrogens with one attached hydrogen (secondary N) is 1. The monoisotopic (exact) mass is 1050 g/mol. The number of nitrogens with zero attached hydrogens (tertiary/aromatic N) is 6. The van der Waals surface area contributed by atoms with Crippen molar-refractivity contribution in [3.63, 3.8) is 0 Å². The molecule has 0 unspecified atom stereocenters. The number of β-amino-alcohol motifs (C(OH)–C–C–N with tert-alkyl or cyclic N) is 2. The average molecular weight is 1060 g/mol. The number of aliphatic hydroxyl groups is 2. The molecule has 392 valence electrons. The first kappa shape index (κ1) is 56.0. The zero-order valence-corrected chi connectivity index (χ0v) is 40.6. The SMILES string of the molecule is Cc1cccc(-n2nc(C(F)(F)F)cc2CCC(=O)Cc2ccc(N3CC(O)C3)c(F)c2)c1.Cc1cccc(-n2nc(C(F)(F)F)cc2CN)c1.Cl.O=C(Nc1ccc(N2CC(O)C2)c(F)c1)Oc1ccccc1. The van der Waals surface area contributed by atoms with Crippen LogP contribution >= 0.6 is 12.4 Å². The third kappa shape index (κ3) is 14.7. The van der Waals surface area contributed by atoms with Crippen molar-refractivity contribution < 1.29 is 59.7 Å². The summed E-state index contributed by atoms with van der Waals surface area (Å²) in [4.78, 5) is 27.7. The number of hydrogen-bond acceptors (Lipinski definition) is 10. The minimum absolute atomic E-state index is 0. The Morgan fingerprint density at radius 2 is 1.16 bits per heavy atom. The molecule has 7 aromatic rings. The molecule has 4 heterocycles. The van der Waals surface area contributed by atoms with Crippen molar-refractivity contribution in [2.45, 2.75) is 64.2 Å². The Labute approximate surface area is 426 Å². The van der Waals surface area contributed by atoms with Crippen LogP contribution in [0.3, 0.4) is 0 Å². The van der Waals surface area contributed by atoms with Crippen LogP contribution in [0.25, 0.3) is 11.4 Å². The molecule has 0 bridgehead atoms. The molecule has 0 aliphatic carbocycles. The van der Waals surface area contributed by atoms with E-state index in [-0.39, 0.29) is 49.7 Å². The first-order valence-corrected chi connectivity index (χ1v) is 22.8. The van der Waals surface area contributed by atoms with Crippen molar-refractivity contribution in [2.24, 2.45) is 5.73 Å². The number of halogens is 9. The summed E-state index contributed by atoms with van der Waals surface area (Å²) in [5.41, 5.74) is 8.58. The summed E-state index contributed by atoms with van der Waals surface area (Å²) in [7, 11) is 0. The molecule has 0 spiro atoms. The smallest absolute Gasteiger partial charge is 0.410 e. The average Bonchev–Trinajstić information content (AvgIpc) is 3.97. The van der Waals surface area contributed by atoms with Crippen LogP contribution in [-0.4, -0.2) is 80.0 Å². The molecule has 0 radical (unpaired) electrons. The fourth-order valence-corrected chi connectivity index (χ4v) is 7.79. The summed E-state index contributed by atoms with van der Waals surface area (Å²) in [5.74, 6) is -0.734. The maximum absolute atomic E-state index is 14.4. The van der Waals surface area contributed by atoms with E-state index in [0.717, 1.165) is 23.3 Å². The van der Waals surface area contributed by atoms with Crippen LogP contribution in [0.1, 0.15) is 45.9 Å². The maximum Gasteiger partial charge on any atom is 0.435 e. The Hall–Kier alpha value is -7.33. The molecule has 9 rings (SSSR count). The van der Waals surface area contributed by atoms with E-state index >= 15 is 0 Å². The topological polar surface area (TPSA) is 164 Å². The zero-order valence-electron chi connectivity index (χ0n) is 39.7. The van der Waals surface area contributed by atoms with Gasteiger partial charge in [0.2, 0.25) is 0 Å². The number of benzene rings is 5. The Balaban J connectivity index is 0.000000189. The summed E-state index contributed by atoms with van der Waals surface area (Å²) < 4.78 is 113. The highest BCUT2D eigenvalue weighted by Gasteiger charge is 2.36. The number of aliphatic hydroxyl groups excluding tert-OH is 2. The van der Waals surface area contributed by atoms with Crippen LogP contribution in [0.5, 0.6) is 5.75 Å². The number of carbonyl (C=O) groups is 2. The van der Waals surface area contributed by atoms with Gasteiger partial charge in [0.05, 0.1) is 40.7 Å². The number of ether oxygens (including phenoxy) is 1. The largest absolute Gasteiger partial charge is 0.435 e. The molecule has 5 aromatic carbocycles. The molecular formula is C52H51ClF8N8O5. The van der Waals surface area contributed by atoms with Gasteiger partial charge in [-0.2, -0.15) is 36.5 Å². The van der Waals surface area contributed by atoms with Gasteiger partial charge in [0.25, 0.3) is 0 Å². The minimum Gasteiger partial charge on any atom is -0.410 e. The van der Waals surface area contributed by atoms with E-state index < -0.39 is 53.7 Å². The van der Waals surface area contributed by atoms with Gasteiger partial charge in [0.15, 0.2) is 11.4 Å². The number of hydrogen-bond donors (Lipinski definition) is 4.